The highest BCUT2D eigenvalue weighted by atomic mass is 31.2. The van der Waals surface area contributed by atoms with Gasteiger partial charge in [0.2, 0.25) is 0 Å². The summed E-state index contributed by atoms with van der Waals surface area (Å²) in [6, 6.07) is 0. The molecule has 0 aromatic carbocycles. The zero-order chi connectivity index (χ0) is 69.4. The molecule has 0 saturated carbocycles. The van der Waals surface area contributed by atoms with Gasteiger partial charge in [-0.25, -0.2) is 9.13 Å². The smallest absolute Gasteiger partial charge is 0.462 e. The van der Waals surface area contributed by atoms with E-state index >= 15 is 0 Å². The lowest BCUT2D eigenvalue weighted by Crippen LogP contribution is -2.30. The van der Waals surface area contributed by atoms with Gasteiger partial charge in [-0.3, -0.25) is 37.3 Å². The van der Waals surface area contributed by atoms with Gasteiger partial charge >= 0.3 is 39.5 Å². The molecule has 94 heavy (non-hydrogen) atoms. The van der Waals surface area contributed by atoms with Gasteiger partial charge in [0.05, 0.1) is 26.4 Å². The first-order chi connectivity index (χ1) is 45.2. The second kappa shape index (κ2) is 65.7. The highest BCUT2D eigenvalue weighted by Gasteiger charge is 2.30. The summed E-state index contributed by atoms with van der Waals surface area (Å²) in [7, 11) is -9.90. The third-order valence-corrected chi connectivity index (χ3v) is 19.3. The van der Waals surface area contributed by atoms with E-state index in [0.29, 0.717) is 31.6 Å². The lowest BCUT2D eigenvalue weighted by molar-refractivity contribution is -0.161. The van der Waals surface area contributed by atoms with Crippen molar-refractivity contribution in [1.29, 1.82) is 0 Å². The van der Waals surface area contributed by atoms with Crippen LogP contribution < -0.4 is 0 Å². The minimum Gasteiger partial charge on any atom is -0.462 e. The van der Waals surface area contributed by atoms with Gasteiger partial charge in [0.15, 0.2) is 12.2 Å². The van der Waals surface area contributed by atoms with E-state index in [9.17, 15) is 43.2 Å². The van der Waals surface area contributed by atoms with E-state index in [2.05, 4.69) is 48.5 Å². The topological polar surface area (TPSA) is 237 Å². The van der Waals surface area contributed by atoms with Gasteiger partial charge in [-0.2, -0.15) is 0 Å². The number of phosphoric acid groups is 2. The molecule has 0 saturated heterocycles. The molecule has 19 heteroatoms. The quantitative estimate of drug-likeness (QED) is 0.0222. The summed E-state index contributed by atoms with van der Waals surface area (Å²) in [4.78, 5) is 72.4. The van der Waals surface area contributed by atoms with E-state index in [1.165, 1.54) is 186 Å². The van der Waals surface area contributed by atoms with Crippen molar-refractivity contribution in [1.82, 2.24) is 0 Å². The van der Waals surface area contributed by atoms with Crippen LogP contribution in [0.4, 0.5) is 0 Å². The Balaban J connectivity index is 5.10. The summed E-state index contributed by atoms with van der Waals surface area (Å²) >= 11 is 0. The Kier molecular flexibility index (Phi) is 64.3. The fourth-order valence-electron chi connectivity index (χ4n) is 11.4. The van der Waals surface area contributed by atoms with Crippen LogP contribution in [0.5, 0.6) is 0 Å². The molecule has 0 aliphatic rings. The van der Waals surface area contributed by atoms with Crippen LogP contribution in [-0.4, -0.2) is 96.7 Å². The number of esters is 4. The Hall–Kier alpha value is -1.94. The summed E-state index contributed by atoms with van der Waals surface area (Å²) in [5.74, 6) is 0.167. The van der Waals surface area contributed by atoms with Crippen LogP contribution in [0.15, 0.2) is 0 Å². The average Bonchev–Trinajstić information content (AvgIpc) is 1.29. The fourth-order valence-corrected chi connectivity index (χ4v) is 13.0. The summed E-state index contributed by atoms with van der Waals surface area (Å²) in [5.41, 5.74) is 0. The van der Waals surface area contributed by atoms with Crippen molar-refractivity contribution in [2.45, 2.75) is 401 Å². The molecule has 0 bridgehead atoms. The molecular formula is C75H146O17P2. The number of ether oxygens (including phenoxy) is 4. The molecule has 17 nitrogen and oxygen atoms in total. The number of hydrogen-bond acceptors (Lipinski definition) is 15. The van der Waals surface area contributed by atoms with Crippen LogP contribution in [0.25, 0.3) is 0 Å². The van der Waals surface area contributed by atoms with E-state index in [0.717, 1.165) is 108 Å². The number of carbonyl (C=O) groups is 4. The first-order valence-electron chi connectivity index (χ1n) is 38.8. The third kappa shape index (κ3) is 68.6. The number of rotatable bonds is 73. The van der Waals surface area contributed by atoms with E-state index < -0.39 is 97.5 Å². The molecule has 3 N–H and O–H groups in total. The van der Waals surface area contributed by atoms with Crippen LogP contribution in [-0.2, 0) is 65.4 Å². The number of hydrogen-bond donors (Lipinski definition) is 3. The van der Waals surface area contributed by atoms with Gasteiger partial charge in [0.1, 0.15) is 19.3 Å². The average molecular weight is 1380 g/mol. The SMILES string of the molecule is CCCCCCCC(=O)OC[C@H](COP(=O)(O)OC[C@H](O)COP(=O)(O)OC[C@@H](COC(=O)CCCCCCCCCCCCCCCCCCC(C)C)OC(=O)CCCCCCCCCCCCCCCCCCCCC(C)C)OC(=O)CCCCCCCCC(C)C. The first-order valence-corrected chi connectivity index (χ1v) is 41.8. The number of phosphoric ester groups is 2. The predicted molar refractivity (Wildman–Crippen MR) is 381 cm³/mol. The Bertz CT molecular complexity index is 1840. The second-order valence-corrected chi connectivity index (χ2v) is 31.4. The third-order valence-electron chi connectivity index (χ3n) is 17.4. The molecule has 0 rings (SSSR count). The second-order valence-electron chi connectivity index (χ2n) is 28.5. The molecule has 558 valence electrons. The summed E-state index contributed by atoms with van der Waals surface area (Å²) in [5, 5.41) is 10.6. The monoisotopic (exact) mass is 1380 g/mol. The van der Waals surface area contributed by atoms with Crippen molar-refractivity contribution in [2.75, 3.05) is 39.6 Å². The molecule has 0 radical (unpaired) electrons. The highest BCUT2D eigenvalue weighted by Crippen LogP contribution is 2.45. The molecule has 0 aliphatic heterocycles. The van der Waals surface area contributed by atoms with Gasteiger partial charge in [-0.1, -0.05) is 331 Å². The van der Waals surface area contributed by atoms with Crippen LogP contribution in [0, 0.1) is 17.8 Å². The highest BCUT2D eigenvalue weighted by molar-refractivity contribution is 7.47. The minimum absolute atomic E-state index is 0.101. The molecule has 0 amide bonds. The Morgan fingerprint density at radius 2 is 0.489 bits per heavy atom. The van der Waals surface area contributed by atoms with Crippen molar-refractivity contribution in [3.05, 3.63) is 0 Å². The molecule has 0 fully saturated rings. The summed E-state index contributed by atoms with van der Waals surface area (Å²) in [6.45, 7) is 11.8. The van der Waals surface area contributed by atoms with Crippen LogP contribution >= 0.6 is 15.6 Å². The van der Waals surface area contributed by atoms with E-state index in [4.69, 9.17) is 37.0 Å². The fraction of sp³-hybridized carbons (Fsp3) is 0.947. The lowest BCUT2D eigenvalue weighted by atomic mass is 10.0. The molecule has 0 spiro atoms. The van der Waals surface area contributed by atoms with Crippen molar-refractivity contribution in [2.24, 2.45) is 17.8 Å². The Labute approximate surface area is 575 Å². The van der Waals surface area contributed by atoms with Gasteiger partial charge in [0, 0.05) is 25.7 Å². The molecule has 0 heterocycles. The Morgan fingerprint density at radius 1 is 0.287 bits per heavy atom. The molecule has 0 aromatic heterocycles. The maximum absolute atomic E-state index is 13.1. The van der Waals surface area contributed by atoms with Crippen molar-refractivity contribution < 1.29 is 80.2 Å². The maximum Gasteiger partial charge on any atom is 0.472 e. The number of aliphatic hydroxyl groups excluding tert-OH is 1. The summed E-state index contributed by atoms with van der Waals surface area (Å²) < 4.78 is 68.1. The first kappa shape index (κ1) is 92.1. The summed E-state index contributed by atoms with van der Waals surface area (Å²) in [6.07, 6.45) is 52.2. The predicted octanol–water partition coefficient (Wildman–Crippen LogP) is 21.8. The molecular weight excluding hydrogens is 1230 g/mol. The molecule has 2 unspecified atom stereocenters. The van der Waals surface area contributed by atoms with Gasteiger partial charge in [-0.15, -0.1) is 0 Å². The van der Waals surface area contributed by atoms with Crippen LogP contribution in [0.3, 0.4) is 0 Å². The van der Waals surface area contributed by atoms with E-state index in [1.54, 1.807) is 0 Å². The lowest BCUT2D eigenvalue weighted by Gasteiger charge is -2.21. The standard InChI is InChI=1S/C75H146O17P2/c1-8-9-10-39-49-56-72(77)85-62-70(92-75(80)59-52-45-38-37-42-48-55-68(6)7)64-89-93(81,82)87-60-69(76)61-88-94(83,84)90-65-71(63-86-73(78)57-50-43-35-31-27-23-19-16-15-18-22-26-30-34-41-47-54-67(4)5)91-74(79)58-51-44-36-32-28-24-20-14-12-11-13-17-21-25-29-33-40-46-53-66(2)3/h66-71,76H,8-65H2,1-7H3,(H,81,82)(H,83,84)/t69-,70+,71+/m0/s1. The van der Waals surface area contributed by atoms with Crippen molar-refractivity contribution >= 4 is 39.5 Å². The minimum atomic E-state index is -4.95. The van der Waals surface area contributed by atoms with Crippen LogP contribution in [0.1, 0.15) is 382 Å². The van der Waals surface area contributed by atoms with E-state index in [-0.39, 0.29) is 25.7 Å². The number of aliphatic hydroxyl groups is 1. The zero-order valence-electron chi connectivity index (χ0n) is 61.4. The van der Waals surface area contributed by atoms with E-state index in [1.807, 2.05) is 0 Å². The Morgan fingerprint density at radius 3 is 0.723 bits per heavy atom. The van der Waals surface area contributed by atoms with Crippen molar-refractivity contribution in [3.63, 3.8) is 0 Å². The maximum atomic E-state index is 13.1. The molecule has 5 atom stereocenters. The van der Waals surface area contributed by atoms with Gasteiger partial charge in [-0.05, 0) is 43.4 Å². The van der Waals surface area contributed by atoms with Crippen LogP contribution in [0.2, 0.25) is 0 Å². The largest absolute Gasteiger partial charge is 0.472 e. The van der Waals surface area contributed by atoms with Gasteiger partial charge in [0.25, 0.3) is 0 Å². The normalized spacial score (nSPS) is 14.1. The molecule has 0 aliphatic carbocycles. The number of unbranched alkanes of at least 4 members (excludes halogenated alkanes) is 41. The zero-order valence-corrected chi connectivity index (χ0v) is 63.2. The molecule has 0 aromatic rings. The van der Waals surface area contributed by atoms with Crippen molar-refractivity contribution in [3.8, 4) is 0 Å². The number of carbonyl (C=O) groups excluding carboxylic acids is 4. The van der Waals surface area contributed by atoms with Gasteiger partial charge < -0.3 is 33.8 Å².